The number of rotatable bonds is 5. The monoisotopic (exact) mass is 458 g/mol. The Kier molecular flexibility index (Phi) is 5.97. The van der Waals surface area contributed by atoms with Crippen LogP contribution in [0.4, 0.5) is 5.69 Å². The fourth-order valence-electron chi connectivity index (χ4n) is 2.51. The summed E-state index contributed by atoms with van der Waals surface area (Å²) in [5.41, 5.74) is 0.901. The predicted molar refractivity (Wildman–Crippen MR) is 109 cm³/mol. The highest BCUT2D eigenvalue weighted by Gasteiger charge is 2.18. The molecule has 3 rings (SSSR count). The van der Waals surface area contributed by atoms with Crippen molar-refractivity contribution in [3.8, 4) is 5.69 Å². The van der Waals surface area contributed by atoms with Gasteiger partial charge in [-0.1, -0.05) is 40.9 Å². The van der Waals surface area contributed by atoms with Crippen molar-refractivity contribution < 1.29 is 13.2 Å². The van der Waals surface area contributed by atoms with Gasteiger partial charge in [0.05, 0.1) is 23.3 Å². The minimum absolute atomic E-state index is 0.0836. The van der Waals surface area contributed by atoms with E-state index in [9.17, 15) is 13.2 Å². The minimum Gasteiger partial charge on any atom is -0.326 e. The Labute approximate surface area is 176 Å². The van der Waals surface area contributed by atoms with Crippen LogP contribution < -0.4 is 10.5 Å². The zero-order valence-electron chi connectivity index (χ0n) is 14.1. The van der Waals surface area contributed by atoms with Crippen molar-refractivity contribution in [2.45, 2.75) is 11.3 Å². The molecule has 146 valence electrons. The van der Waals surface area contributed by atoms with Crippen molar-refractivity contribution in [3.63, 3.8) is 0 Å². The van der Waals surface area contributed by atoms with E-state index in [-0.39, 0.29) is 22.7 Å². The number of halogens is 3. The van der Waals surface area contributed by atoms with E-state index in [1.807, 2.05) is 0 Å². The highest BCUT2D eigenvalue weighted by Crippen LogP contribution is 2.26. The third-order valence-electron chi connectivity index (χ3n) is 3.75. The number of carbonyl (C=O) groups excluding carboxylic acids is 1. The number of anilines is 1. The van der Waals surface area contributed by atoms with Gasteiger partial charge in [0.2, 0.25) is 15.9 Å². The van der Waals surface area contributed by atoms with Gasteiger partial charge in [0.25, 0.3) is 0 Å². The van der Waals surface area contributed by atoms with E-state index in [2.05, 4.69) is 10.4 Å². The summed E-state index contributed by atoms with van der Waals surface area (Å²) in [5.74, 6) is -0.426. The van der Waals surface area contributed by atoms with Gasteiger partial charge in [0, 0.05) is 21.9 Å². The lowest BCUT2D eigenvalue weighted by Crippen LogP contribution is -2.18. The highest BCUT2D eigenvalue weighted by molar-refractivity contribution is 7.89. The van der Waals surface area contributed by atoms with Crippen LogP contribution in [-0.2, 0) is 21.2 Å². The molecular formula is C17H13Cl3N4O3S. The Bertz CT molecular complexity index is 1140. The Morgan fingerprint density at radius 2 is 1.82 bits per heavy atom. The Morgan fingerprint density at radius 1 is 1.14 bits per heavy atom. The van der Waals surface area contributed by atoms with Gasteiger partial charge in [0.15, 0.2) is 0 Å². The molecule has 0 spiro atoms. The van der Waals surface area contributed by atoms with Crippen LogP contribution in [0.25, 0.3) is 5.69 Å². The average Bonchev–Trinajstić information content (AvgIpc) is 3.04. The molecule has 0 unspecified atom stereocenters. The van der Waals surface area contributed by atoms with Gasteiger partial charge in [-0.15, -0.1) is 0 Å². The summed E-state index contributed by atoms with van der Waals surface area (Å²) in [6.45, 7) is 0. The second kappa shape index (κ2) is 8.10. The lowest BCUT2D eigenvalue weighted by atomic mass is 10.1. The largest absolute Gasteiger partial charge is 0.326 e. The highest BCUT2D eigenvalue weighted by atomic mass is 35.5. The Morgan fingerprint density at radius 3 is 2.39 bits per heavy atom. The van der Waals surface area contributed by atoms with Gasteiger partial charge in [0.1, 0.15) is 4.90 Å². The van der Waals surface area contributed by atoms with Crippen LogP contribution in [0, 0.1) is 0 Å². The zero-order chi connectivity index (χ0) is 20.5. The molecule has 28 heavy (non-hydrogen) atoms. The first-order valence-corrected chi connectivity index (χ1v) is 10.4. The molecule has 2 aromatic carbocycles. The third kappa shape index (κ3) is 4.65. The van der Waals surface area contributed by atoms with Crippen molar-refractivity contribution in [1.82, 2.24) is 9.78 Å². The molecule has 0 aliphatic heterocycles. The van der Waals surface area contributed by atoms with Crippen LogP contribution in [0.3, 0.4) is 0 Å². The van der Waals surface area contributed by atoms with Crippen LogP contribution in [0.1, 0.15) is 5.56 Å². The first-order valence-electron chi connectivity index (χ1n) is 7.75. The van der Waals surface area contributed by atoms with Crippen LogP contribution in [0.2, 0.25) is 15.1 Å². The number of hydrogen-bond donors (Lipinski definition) is 2. The molecule has 1 amide bonds. The first-order chi connectivity index (χ1) is 13.1. The second-order valence-corrected chi connectivity index (χ2v) is 8.54. The summed E-state index contributed by atoms with van der Waals surface area (Å²) >= 11 is 18.0. The molecule has 3 N–H and O–H groups in total. The number of amides is 1. The van der Waals surface area contributed by atoms with E-state index < -0.39 is 15.9 Å². The second-order valence-electron chi connectivity index (χ2n) is 5.76. The molecule has 0 saturated heterocycles. The van der Waals surface area contributed by atoms with Gasteiger partial charge in [-0.2, -0.15) is 5.10 Å². The van der Waals surface area contributed by atoms with E-state index >= 15 is 0 Å². The number of nitrogens with zero attached hydrogens (tertiary/aromatic N) is 2. The molecule has 1 heterocycles. The molecule has 0 radical (unpaired) electrons. The fraction of sp³-hybridized carbons (Fsp3) is 0.0588. The van der Waals surface area contributed by atoms with E-state index in [0.29, 0.717) is 20.6 Å². The van der Waals surface area contributed by atoms with Crippen molar-refractivity contribution in [2.75, 3.05) is 5.32 Å². The minimum atomic E-state index is -4.10. The van der Waals surface area contributed by atoms with Crippen molar-refractivity contribution in [3.05, 3.63) is 69.4 Å². The summed E-state index contributed by atoms with van der Waals surface area (Å²) in [4.78, 5) is 12.1. The van der Waals surface area contributed by atoms with Crippen LogP contribution in [-0.4, -0.2) is 24.1 Å². The number of sulfonamides is 1. The predicted octanol–water partition coefficient (Wildman–Crippen LogP) is 3.66. The summed E-state index contributed by atoms with van der Waals surface area (Å²) in [7, 11) is -4.10. The maximum absolute atomic E-state index is 12.4. The van der Waals surface area contributed by atoms with E-state index in [4.69, 9.17) is 39.9 Å². The van der Waals surface area contributed by atoms with Crippen LogP contribution in [0.5, 0.6) is 0 Å². The molecule has 0 bridgehead atoms. The number of hydrogen-bond acceptors (Lipinski definition) is 4. The summed E-state index contributed by atoms with van der Waals surface area (Å²) in [6, 6.07) is 9.14. The molecule has 0 aliphatic carbocycles. The molecule has 3 aromatic rings. The topological polar surface area (TPSA) is 107 Å². The standard InChI is InChI=1S/C17H13Cl3N4O3S/c18-10-8-22-24(9-10)15-5-4-11(6-16(15)28(21,26)27)23-17(25)7-12-13(19)2-1-3-14(12)20/h1-6,8-9H,7H2,(H,23,25)(H2,21,26,27). The number of aromatic nitrogens is 2. The third-order valence-corrected chi connectivity index (χ3v) is 5.59. The lowest BCUT2D eigenvalue weighted by Gasteiger charge is -2.12. The smallest absolute Gasteiger partial charge is 0.240 e. The number of primary sulfonamides is 1. The molecule has 0 atom stereocenters. The Hall–Kier alpha value is -2.10. The number of nitrogens with two attached hydrogens (primary N) is 1. The average molecular weight is 460 g/mol. The van der Waals surface area contributed by atoms with Crippen LogP contribution in [0.15, 0.2) is 53.7 Å². The lowest BCUT2D eigenvalue weighted by molar-refractivity contribution is -0.115. The molecule has 11 heteroatoms. The molecule has 1 aromatic heterocycles. The van der Waals surface area contributed by atoms with E-state index in [1.165, 1.54) is 35.3 Å². The summed E-state index contributed by atoms with van der Waals surface area (Å²) in [5, 5.41) is 12.9. The first kappa shape index (κ1) is 20.6. The molecule has 7 nitrogen and oxygen atoms in total. The van der Waals surface area contributed by atoms with Gasteiger partial charge in [-0.3, -0.25) is 4.79 Å². The fourth-order valence-corrected chi connectivity index (χ4v) is 3.92. The SMILES string of the molecule is NS(=O)(=O)c1cc(NC(=O)Cc2c(Cl)cccc2Cl)ccc1-n1cc(Cl)cn1. The summed E-state index contributed by atoms with van der Waals surface area (Å²) < 4.78 is 25.3. The quantitative estimate of drug-likeness (QED) is 0.607. The van der Waals surface area contributed by atoms with Crippen molar-refractivity contribution in [2.24, 2.45) is 5.14 Å². The number of nitrogens with one attached hydrogen (secondary N) is 1. The van der Waals surface area contributed by atoms with Crippen LogP contribution >= 0.6 is 34.8 Å². The maximum atomic E-state index is 12.4. The summed E-state index contributed by atoms with van der Waals surface area (Å²) in [6.07, 6.45) is 2.71. The zero-order valence-corrected chi connectivity index (χ0v) is 17.1. The normalized spacial score (nSPS) is 11.4. The van der Waals surface area contributed by atoms with E-state index in [1.54, 1.807) is 18.2 Å². The Balaban J connectivity index is 1.90. The molecule has 0 saturated carbocycles. The van der Waals surface area contributed by atoms with E-state index in [0.717, 1.165) is 0 Å². The molecule has 0 fully saturated rings. The number of benzene rings is 2. The molecule has 0 aliphatic rings. The van der Waals surface area contributed by atoms with Crippen molar-refractivity contribution in [1.29, 1.82) is 0 Å². The van der Waals surface area contributed by atoms with Gasteiger partial charge < -0.3 is 5.32 Å². The van der Waals surface area contributed by atoms with Gasteiger partial charge >= 0.3 is 0 Å². The maximum Gasteiger partial charge on any atom is 0.240 e. The van der Waals surface area contributed by atoms with Gasteiger partial charge in [-0.05, 0) is 35.9 Å². The van der Waals surface area contributed by atoms with Crippen molar-refractivity contribution >= 4 is 56.4 Å². The number of carbonyl (C=O) groups is 1. The van der Waals surface area contributed by atoms with Gasteiger partial charge in [-0.25, -0.2) is 18.2 Å². The molecular weight excluding hydrogens is 447 g/mol.